The van der Waals surface area contributed by atoms with Gasteiger partial charge in [-0.05, 0) is 25.0 Å². The van der Waals surface area contributed by atoms with Gasteiger partial charge in [0.25, 0.3) is 0 Å². The molecule has 0 radical (unpaired) electrons. The number of benzene rings is 1. The fourth-order valence-corrected chi connectivity index (χ4v) is 2.47. The molecular weight excluding hydrogens is 268 g/mol. The molecular formula is C16H22N2O3. The average molecular weight is 290 g/mol. The molecule has 1 aliphatic carbocycles. The lowest BCUT2D eigenvalue weighted by atomic mass is 9.95. The summed E-state index contributed by atoms with van der Waals surface area (Å²) in [5.41, 5.74) is 0. The van der Waals surface area contributed by atoms with E-state index in [-0.39, 0.29) is 18.5 Å². The number of carbonyl (C=O) groups excluding carboxylic acids is 2. The lowest BCUT2D eigenvalue weighted by Gasteiger charge is -2.24. The number of hydrogen-bond donors (Lipinski definition) is 1. The summed E-state index contributed by atoms with van der Waals surface area (Å²) in [5, 5.41) is 2.98. The van der Waals surface area contributed by atoms with Gasteiger partial charge < -0.3 is 15.0 Å². The molecule has 0 aliphatic heterocycles. The van der Waals surface area contributed by atoms with Gasteiger partial charge in [-0.3, -0.25) is 4.79 Å². The minimum absolute atomic E-state index is 0.0160. The largest absolute Gasteiger partial charge is 0.415 e. The summed E-state index contributed by atoms with van der Waals surface area (Å²) in [4.78, 5) is 25.1. The lowest BCUT2D eigenvalue weighted by Crippen LogP contribution is -2.44. The zero-order valence-corrected chi connectivity index (χ0v) is 12.4. The molecule has 1 aromatic rings. The Labute approximate surface area is 125 Å². The van der Waals surface area contributed by atoms with Crippen LogP contribution in [0.3, 0.4) is 0 Å². The maximum Gasteiger partial charge on any atom is 0.415 e. The van der Waals surface area contributed by atoms with E-state index in [1.807, 2.05) is 6.07 Å². The third-order valence-electron chi connectivity index (χ3n) is 3.61. The van der Waals surface area contributed by atoms with E-state index in [4.69, 9.17) is 4.74 Å². The minimum atomic E-state index is -0.528. The van der Waals surface area contributed by atoms with Crippen molar-refractivity contribution in [2.75, 3.05) is 13.6 Å². The van der Waals surface area contributed by atoms with Crippen molar-refractivity contribution in [1.82, 2.24) is 10.2 Å². The number of likely N-dealkylation sites (N-methyl/N-ethyl adjacent to an activating group) is 1. The van der Waals surface area contributed by atoms with Crippen LogP contribution in [0.5, 0.6) is 5.75 Å². The second-order valence-electron chi connectivity index (χ2n) is 5.44. The molecule has 0 heterocycles. The van der Waals surface area contributed by atoms with E-state index in [2.05, 4.69) is 5.32 Å². The average Bonchev–Trinajstić information content (AvgIpc) is 2.49. The molecule has 2 amide bonds. The highest BCUT2D eigenvalue weighted by molar-refractivity contribution is 5.82. The Hall–Kier alpha value is -2.04. The third kappa shape index (κ3) is 5.10. The van der Waals surface area contributed by atoms with Crippen molar-refractivity contribution in [3.8, 4) is 5.75 Å². The van der Waals surface area contributed by atoms with Gasteiger partial charge in [-0.15, -0.1) is 0 Å². The molecule has 0 aromatic heterocycles. The van der Waals surface area contributed by atoms with E-state index in [0.29, 0.717) is 5.75 Å². The molecule has 0 spiro atoms. The van der Waals surface area contributed by atoms with Crippen molar-refractivity contribution in [2.45, 2.75) is 38.1 Å². The number of amides is 2. The number of para-hydroxylation sites is 1. The van der Waals surface area contributed by atoms with Crippen molar-refractivity contribution in [1.29, 1.82) is 0 Å². The van der Waals surface area contributed by atoms with Crippen molar-refractivity contribution < 1.29 is 14.3 Å². The van der Waals surface area contributed by atoms with Gasteiger partial charge in [0.2, 0.25) is 5.91 Å². The van der Waals surface area contributed by atoms with Crippen LogP contribution in [0.2, 0.25) is 0 Å². The summed E-state index contributed by atoms with van der Waals surface area (Å²) in [6.07, 6.45) is 5.11. The summed E-state index contributed by atoms with van der Waals surface area (Å²) < 4.78 is 5.17. The molecule has 114 valence electrons. The molecule has 1 aliphatic rings. The summed E-state index contributed by atoms with van der Waals surface area (Å²) in [5.74, 6) is 0.344. The smallest absolute Gasteiger partial charge is 0.410 e. The van der Waals surface area contributed by atoms with Gasteiger partial charge in [0.05, 0.1) is 0 Å². The second kappa shape index (κ2) is 7.67. The standard InChI is InChI=1S/C16H22N2O3/c1-18(16(20)21-14-10-6-3-7-11-14)12-15(19)17-13-8-4-2-5-9-13/h3,6-7,10-11,13H,2,4-5,8-9,12H2,1H3,(H,17,19). The van der Waals surface area contributed by atoms with Crippen LogP contribution in [0, 0.1) is 0 Å². The zero-order valence-electron chi connectivity index (χ0n) is 12.4. The second-order valence-corrected chi connectivity index (χ2v) is 5.44. The fraction of sp³-hybridized carbons (Fsp3) is 0.500. The highest BCUT2D eigenvalue weighted by Gasteiger charge is 2.19. The van der Waals surface area contributed by atoms with E-state index in [9.17, 15) is 9.59 Å². The van der Waals surface area contributed by atoms with E-state index in [1.54, 1.807) is 31.3 Å². The van der Waals surface area contributed by atoms with Crippen LogP contribution in [0.25, 0.3) is 0 Å². The van der Waals surface area contributed by atoms with Crippen molar-refractivity contribution >= 4 is 12.0 Å². The molecule has 1 saturated carbocycles. The molecule has 1 aromatic carbocycles. The molecule has 0 atom stereocenters. The number of ether oxygens (including phenoxy) is 1. The van der Waals surface area contributed by atoms with E-state index in [1.165, 1.54) is 11.3 Å². The van der Waals surface area contributed by atoms with E-state index >= 15 is 0 Å². The number of hydrogen-bond acceptors (Lipinski definition) is 3. The quantitative estimate of drug-likeness (QED) is 0.927. The zero-order chi connectivity index (χ0) is 15.1. The van der Waals surface area contributed by atoms with Crippen LogP contribution < -0.4 is 10.1 Å². The highest BCUT2D eigenvalue weighted by Crippen LogP contribution is 2.17. The van der Waals surface area contributed by atoms with Crippen LogP contribution in [0.15, 0.2) is 30.3 Å². The number of nitrogens with zero attached hydrogens (tertiary/aromatic N) is 1. The monoisotopic (exact) mass is 290 g/mol. The predicted octanol–water partition coefficient (Wildman–Crippen LogP) is 2.57. The first-order chi connectivity index (χ1) is 10.1. The Balaban J connectivity index is 1.75. The minimum Gasteiger partial charge on any atom is -0.410 e. The van der Waals surface area contributed by atoms with Gasteiger partial charge in [0, 0.05) is 13.1 Å². The summed E-state index contributed by atoms with van der Waals surface area (Å²) in [6, 6.07) is 9.08. The van der Waals surface area contributed by atoms with Crippen LogP contribution in [-0.2, 0) is 4.79 Å². The molecule has 0 saturated heterocycles. The molecule has 21 heavy (non-hydrogen) atoms. The third-order valence-corrected chi connectivity index (χ3v) is 3.61. The SMILES string of the molecule is CN(CC(=O)NC1CCCCC1)C(=O)Oc1ccccc1. The predicted molar refractivity (Wildman–Crippen MR) is 80.1 cm³/mol. The van der Waals surface area contributed by atoms with Gasteiger partial charge in [0.1, 0.15) is 12.3 Å². The molecule has 0 bridgehead atoms. The molecule has 2 rings (SSSR count). The normalized spacial score (nSPS) is 15.3. The Bertz CT molecular complexity index is 470. The van der Waals surface area contributed by atoms with Crippen molar-refractivity contribution in [3.05, 3.63) is 30.3 Å². The van der Waals surface area contributed by atoms with Gasteiger partial charge in [-0.1, -0.05) is 37.5 Å². The Morgan fingerprint density at radius 2 is 1.86 bits per heavy atom. The van der Waals surface area contributed by atoms with Gasteiger partial charge in [0.15, 0.2) is 0 Å². The first-order valence-corrected chi connectivity index (χ1v) is 7.42. The first kappa shape index (κ1) is 15.4. The molecule has 1 N–H and O–H groups in total. The van der Waals surface area contributed by atoms with Crippen LogP contribution in [-0.4, -0.2) is 36.5 Å². The molecule has 0 unspecified atom stereocenters. The van der Waals surface area contributed by atoms with Gasteiger partial charge in [-0.2, -0.15) is 0 Å². The molecule has 5 nitrogen and oxygen atoms in total. The Morgan fingerprint density at radius 3 is 2.52 bits per heavy atom. The number of rotatable bonds is 4. The molecule has 1 fully saturated rings. The Kier molecular flexibility index (Phi) is 5.60. The van der Waals surface area contributed by atoms with Gasteiger partial charge in [-0.25, -0.2) is 4.79 Å². The lowest BCUT2D eigenvalue weighted by molar-refractivity contribution is -0.122. The summed E-state index contributed by atoms with van der Waals surface area (Å²) >= 11 is 0. The maximum atomic E-state index is 11.9. The van der Waals surface area contributed by atoms with Crippen LogP contribution >= 0.6 is 0 Å². The topological polar surface area (TPSA) is 58.6 Å². The van der Waals surface area contributed by atoms with Gasteiger partial charge >= 0.3 is 6.09 Å². The number of carbonyl (C=O) groups is 2. The van der Waals surface area contributed by atoms with Crippen LogP contribution in [0.4, 0.5) is 4.79 Å². The summed E-state index contributed by atoms with van der Waals surface area (Å²) in [7, 11) is 1.56. The summed E-state index contributed by atoms with van der Waals surface area (Å²) in [6.45, 7) is 0.0160. The fourth-order valence-electron chi connectivity index (χ4n) is 2.47. The highest BCUT2D eigenvalue weighted by atomic mass is 16.6. The Morgan fingerprint density at radius 1 is 1.19 bits per heavy atom. The van der Waals surface area contributed by atoms with E-state index < -0.39 is 6.09 Å². The maximum absolute atomic E-state index is 11.9. The van der Waals surface area contributed by atoms with Crippen molar-refractivity contribution in [2.24, 2.45) is 0 Å². The number of nitrogens with one attached hydrogen (secondary N) is 1. The van der Waals surface area contributed by atoms with Crippen LogP contribution in [0.1, 0.15) is 32.1 Å². The molecule has 5 heteroatoms. The van der Waals surface area contributed by atoms with E-state index in [0.717, 1.165) is 25.7 Å². The van der Waals surface area contributed by atoms with Crippen molar-refractivity contribution in [3.63, 3.8) is 0 Å². The first-order valence-electron chi connectivity index (χ1n) is 7.42.